The predicted octanol–water partition coefficient (Wildman–Crippen LogP) is 2.20. The first-order chi connectivity index (χ1) is 10.5. The van der Waals surface area contributed by atoms with Gasteiger partial charge in [-0.05, 0) is 43.7 Å². The number of benzene rings is 1. The third-order valence-electron chi connectivity index (χ3n) is 4.29. The quantitative estimate of drug-likeness (QED) is 0.811. The van der Waals surface area contributed by atoms with Gasteiger partial charge in [-0.25, -0.2) is 0 Å². The van der Waals surface area contributed by atoms with Crippen molar-refractivity contribution in [2.45, 2.75) is 46.1 Å². The Balaban J connectivity index is 1.66. The minimum absolute atomic E-state index is 0.00905. The molecule has 2 rings (SSSR count). The lowest BCUT2D eigenvalue weighted by molar-refractivity contribution is -0.123. The number of carbonyl (C=O) groups excluding carboxylic acids is 2. The van der Waals surface area contributed by atoms with Crippen LogP contribution in [0.1, 0.15) is 37.8 Å². The van der Waals surface area contributed by atoms with E-state index in [1.807, 2.05) is 19.1 Å². The molecule has 0 aliphatic heterocycles. The molecule has 1 aromatic rings. The summed E-state index contributed by atoms with van der Waals surface area (Å²) in [5.41, 5.74) is 2.50. The maximum absolute atomic E-state index is 11.9. The van der Waals surface area contributed by atoms with Crippen LogP contribution < -0.4 is 10.6 Å². The van der Waals surface area contributed by atoms with Gasteiger partial charge in [0, 0.05) is 24.9 Å². The molecular formula is C18H26N2O2. The predicted molar refractivity (Wildman–Crippen MR) is 87.4 cm³/mol. The molecule has 0 saturated heterocycles. The van der Waals surface area contributed by atoms with Gasteiger partial charge in [0.25, 0.3) is 0 Å². The van der Waals surface area contributed by atoms with Crippen LogP contribution in [0.25, 0.3) is 0 Å². The fraction of sp³-hybridized carbons (Fsp3) is 0.556. The van der Waals surface area contributed by atoms with E-state index in [0.717, 1.165) is 12.8 Å². The van der Waals surface area contributed by atoms with Crippen molar-refractivity contribution in [1.29, 1.82) is 0 Å². The first-order valence-corrected chi connectivity index (χ1v) is 8.09. The van der Waals surface area contributed by atoms with Crippen LogP contribution in [-0.4, -0.2) is 24.4 Å². The smallest absolute Gasteiger partial charge is 0.223 e. The highest BCUT2D eigenvalue weighted by Crippen LogP contribution is 2.37. The number of rotatable bonds is 7. The molecule has 2 amide bonds. The van der Waals surface area contributed by atoms with Crippen LogP contribution in [0.15, 0.2) is 24.3 Å². The average Bonchev–Trinajstić information content (AvgIpc) is 3.18. The molecule has 2 N–H and O–H groups in total. The second kappa shape index (κ2) is 7.43. The van der Waals surface area contributed by atoms with Crippen molar-refractivity contribution in [3.63, 3.8) is 0 Å². The largest absolute Gasteiger partial charge is 0.355 e. The number of nitrogens with one attached hydrogen (secondary N) is 2. The highest BCUT2D eigenvalue weighted by Gasteiger charge is 2.38. The van der Waals surface area contributed by atoms with Crippen molar-refractivity contribution >= 4 is 11.8 Å². The Morgan fingerprint density at radius 3 is 2.64 bits per heavy atom. The van der Waals surface area contributed by atoms with Gasteiger partial charge in [-0.3, -0.25) is 9.59 Å². The molecule has 1 saturated carbocycles. The van der Waals surface area contributed by atoms with Crippen LogP contribution in [0.3, 0.4) is 0 Å². The lowest BCUT2D eigenvalue weighted by Gasteiger charge is -2.15. The first kappa shape index (κ1) is 16.5. The molecule has 120 valence electrons. The van der Waals surface area contributed by atoms with Crippen molar-refractivity contribution < 1.29 is 9.59 Å². The van der Waals surface area contributed by atoms with Crippen molar-refractivity contribution in [1.82, 2.24) is 10.6 Å². The molecule has 0 unspecified atom stereocenters. The third-order valence-corrected chi connectivity index (χ3v) is 4.29. The molecule has 0 radical (unpaired) electrons. The lowest BCUT2D eigenvalue weighted by Crippen LogP contribution is -2.37. The molecule has 1 aromatic carbocycles. The Morgan fingerprint density at radius 2 is 2.00 bits per heavy atom. The van der Waals surface area contributed by atoms with Gasteiger partial charge in [-0.1, -0.05) is 31.2 Å². The van der Waals surface area contributed by atoms with Gasteiger partial charge in [-0.15, -0.1) is 0 Å². The minimum Gasteiger partial charge on any atom is -0.355 e. The summed E-state index contributed by atoms with van der Waals surface area (Å²) < 4.78 is 0. The van der Waals surface area contributed by atoms with Crippen LogP contribution in [0.4, 0.5) is 0 Å². The zero-order chi connectivity index (χ0) is 16.1. The van der Waals surface area contributed by atoms with Crippen LogP contribution in [0.5, 0.6) is 0 Å². The number of hydrogen-bond donors (Lipinski definition) is 2. The number of hydrogen-bond acceptors (Lipinski definition) is 2. The zero-order valence-electron chi connectivity index (χ0n) is 13.7. The van der Waals surface area contributed by atoms with Gasteiger partial charge >= 0.3 is 0 Å². The highest BCUT2D eigenvalue weighted by molar-refractivity contribution is 5.82. The Hall–Kier alpha value is -1.84. The van der Waals surface area contributed by atoms with Crippen molar-refractivity contribution in [3.8, 4) is 0 Å². The lowest BCUT2D eigenvalue weighted by atomic mass is 10.0. The van der Waals surface area contributed by atoms with Crippen LogP contribution in [0.2, 0.25) is 0 Å². The second-order valence-corrected chi connectivity index (χ2v) is 6.46. The molecule has 3 atom stereocenters. The van der Waals surface area contributed by atoms with E-state index in [0.29, 0.717) is 18.9 Å². The molecule has 1 aliphatic carbocycles. The van der Waals surface area contributed by atoms with Crippen molar-refractivity contribution in [3.05, 3.63) is 35.4 Å². The fourth-order valence-electron chi connectivity index (χ4n) is 2.68. The van der Waals surface area contributed by atoms with Gasteiger partial charge in [0.15, 0.2) is 0 Å². The van der Waals surface area contributed by atoms with E-state index in [9.17, 15) is 9.59 Å². The van der Waals surface area contributed by atoms with Gasteiger partial charge in [0.1, 0.15) is 0 Å². The minimum atomic E-state index is -0.00905. The Labute approximate surface area is 132 Å². The number of carbonyl (C=O) groups is 2. The summed E-state index contributed by atoms with van der Waals surface area (Å²) in [6.45, 7) is 6.59. The summed E-state index contributed by atoms with van der Waals surface area (Å²) in [4.78, 5) is 23.6. The molecular weight excluding hydrogens is 276 g/mol. The Bertz CT molecular complexity index is 542. The molecule has 0 aromatic heterocycles. The van der Waals surface area contributed by atoms with E-state index in [4.69, 9.17) is 0 Å². The van der Waals surface area contributed by atoms with Gasteiger partial charge in [-0.2, -0.15) is 0 Å². The van der Waals surface area contributed by atoms with Crippen LogP contribution >= 0.6 is 0 Å². The Kier molecular flexibility index (Phi) is 5.58. The van der Waals surface area contributed by atoms with E-state index in [2.05, 4.69) is 36.6 Å². The SMILES string of the molecule is Cc1ccccc1C[C@H](C)NC(=O)CCNC(=O)[C@H]1C[C@H]1C. The molecule has 4 nitrogen and oxygen atoms in total. The summed E-state index contributed by atoms with van der Waals surface area (Å²) in [6.07, 6.45) is 2.14. The summed E-state index contributed by atoms with van der Waals surface area (Å²) in [7, 11) is 0. The topological polar surface area (TPSA) is 58.2 Å². The first-order valence-electron chi connectivity index (χ1n) is 8.09. The van der Waals surface area contributed by atoms with E-state index in [-0.39, 0.29) is 23.8 Å². The maximum Gasteiger partial charge on any atom is 0.223 e. The van der Waals surface area contributed by atoms with Gasteiger partial charge < -0.3 is 10.6 Å². The van der Waals surface area contributed by atoms with Crippen LogP contribution in [-0.2, 0) is 16.0 Å². The fourth-order valence-corrected chi connectivity index (χ4v) is 2.68. The zero-order valence-corrected chi connectivity index (χ0v) is 13.7. The molecule has 1 fully saturated rings. The van der Waals surface area contributed by atoms with Crippen molar-refractivity contribution in [2.75, 3.05) is 6.54 Å². The normalized spacial score (nSPS) is 21.0. The molecule has 0 bridgehead atoms. The van der Waals surface area contributed by atoms with Gasteiger partial charge in [0.05, 0.1) is 0 Å². The summed E-state index contributed by atoms with van der Waals surface area (Å²) >= 11 is 0. The van der Waals surface area contributed by atoms with E-state index < -0.39 is 0 Å². The number of amides is 2. The highest BCUT2D eigenvalue weighted by atomic mass is 16.2. The molecule has 1 aliphatic rings. The average molecular weight is 302 g/mol. The standard InChI is InChI=1S/C18H26N2O2/c1-12-6-4-5-7-15(12)11-14(3)20-17(21)8-9-19-18(22)16-10-13(16)2/h4-7,13-14,16H,8-11H2,1-3H3,(H,19,22)(H,20,21)/t13-,14+,16+/m1/s1. The molecule has 22 heavy (non-hydrogen) atoms. The second-order valence-electron chi connectivity index (χ2n) is 6.46. The monoisotopic (exact) mass is 302 g/mol. The van der Waals surface area contributed by atoms with E-state index in [1.165, 1.54) is 11.1 Å². The summed E-state index contributed by atoms with van der Waals surface area (Å²) in [6, 6.07) is 8.30. The Morgan fingerprint density at radius 1 is 1.32 bits per heavy atom. The van der Waals surface area contributed by atoms with E-state index >= 15 is 0 Å². The summed E-state index contributed by atoms with van der Waals surface area (Å²) in [5, 5.41) is 5.83. The molecule has 0 spiro atoms. The summed E-state index contributed by atoms with van der Waals surface area (Å²) in [5.74, 6) is 0.754. The molecule has 4 heteroatoms. The molecule has 0 heterocycles. The van der Waals surface area contributed by atoms with Crippen molar-refractivity contribution in [2.24, 2.45) is 11.8 Å². The van der Waals surface area contributed by atoms with E-state index in [1.54, 1.807) is 0 Å². The van der Waals surface area contributed by atoms with Crippen LogP contribution in [0, 0.1) is 18.8 Å². The maximum atomic E-state index is 11.9. The number of aryl methyl sites for hydroxylation is 1. The van der Waals surface area contributed by atoms with Gasteiger partial charge in [0.2, 0.25) is 11.8 Å². The third kappa shape index (κ3) is 4.86.